The summed E-state index contributed by atoms with van der Waals surface area (Å²) in [5.41, 5.74) is 6.66. The van der Waals surface area contributed by atoms with Crippen molar-refractivity contribution < 1.29 is 13.9 Å². The molecular weight excluding hydrogens is 277 g/mol. The molecule has 108 valence electrons. The highest BCUT2D eigenvalue weighted by Crippen LogP contribution is 2.33. The molecule has 0 spiro atoms. The van der Waals surface area contributed by atoms with E-state index in [0.29, 0.717) is 25.1 Å². The molecule has 1 aliphatic rings. The van der Waals surface area contributed by atoms with Gasteiger partial charge in [0.2, 0.25) is 0 Å². The molecule has 2 N–H and O–H groups in total. The highest BCUT2D eigenvalue weighted by Gasteiger charge is 2.18. The average Bonchev–Trinajstić information content (AvgIpc) is 3.07. The molecule has 1 saturated heterocycles. The van der Waals surface area contributed by atoms with Crippen LogP contribution in [0.25, 0.3) is 10.1 Å². The summed E-state index contributed by atoms with van der Waals surface area (Å²) in [5.74, 6) is -0.200. The molecule has 0 radical (unpaired) electrons. The third-order valence-corrected chi connectivity index (χ3v) is 4.83. The van der Waals surface area contributed by atoms with Gasteiger partial charge in [-0.1, -0.05) is 6.07 Å². The summed E-state index contributed by atoms with van der Waals surface area (Å²) >= 11 is 1.54. The van der Waals surface area contributed by atoms with Crippen molar-refractivity contribution in [1.29, 1.82) is 0 Å². The Hall–Kier alpha value is -1.01. The first kappa shape index (κ1) is 13.9. The molecule has 1 unspecified atom stereocenters. The summed E-state index contributed by atoms with van der Waals surface area (Å²) in [6.45, 7) is 2.19. The van der Waals surface area contributed by atoms with Crippen molar-refractivity contribution in [3.8, 4) is 0 Å². The standard InChI is InChI=1S/C15H18FNO2S/c16-12-4-1-5-13-15(12)11(14(7-17)20-13)9-18-8-10-3-2-6-19-10/h1,4-5,10H,2-3,6-9,17H2. The summed E-state index contributed by atoms with van der Waals surface area (Å²) in [4.78, 5) is 0.998. The monoisotopic (exact) mass is 295 g/mol. The summed E-state index contributed by atoms with van der Waals surface area (Å²) in [7, 11) is 0. The number of hydrogen-bond acceptors (Lipinski definition) is 4. The van der Waals surface area contributed by atoms with Crippen molar-refractivity contribution in [2.45, 2.75) is 32.1 Å². The molecule has 1 atom stereocenters. The minimum absolute atomic E-state index is 0.186. The van der Waals surface area contributed by atoms with E-state index < -0.39 is 0 Å². The molecule has 3 rings (SSSR count). The number of hydrogen-bond donors (Lipinski definition) is 1. The number of ether oxygens (including phenoxy) is 2. The lowest BCUT2D eigenvalue weighted by molar-refractivity contribution is 0.0108. The first-order chi connectivity index (χ1) is 9.79. The number of nitrogens with two attached hydrogens (primary N) is 1. The van der Waals surface area contributed by atoms with E-state index in [9.17, 15) is 4.39 Å². The van der Waals surface area contributed by atoms with Crippen molar-refractivity contribution >= 4 is 21.4 Å². The first-order valence-electron chi connectivity index (χ1n) is 6.87. The summed E-state index contributed by atoms with van der Waals surface area (Å²) < 4.78 is 26.2. The van der Waals surface area contributed by atoms with Gasteiger partial charge in [-0.05, 0) is 25.0 Å². The maximum absolute atomic E-state index is 14.0. The van der Waals surface area contributed by atoms with Gasteiger partial charge < -0.3 is 15.2 Å². The maximum Gasteiger partial charge on any atom is 0.132 e. The van der Waals surface area contributed by atoms with Crippen LogP contribution in [0.5, 0.6) is 0 Å². The van der Waals surface area contributed by atoms with Gasteiger partial charge in [0.25, 0.3) is 0 Å². The Morgan fingerprint density at radius 2 is 2.35 bits per heavy atom. The lowest BCUT2D eigenvalue weighted by Gasteiger charge is -2.10. The molecule has 1 fully saturated rings. The third kappa shape index (κ3) is 2.72. The van der Waals surface area contributed by atoms with Gasteiger partial charge in [-0.2, -0.15) is 0 Å². The average molecular weight is 295 g/mol. The largest absolute Gasteiger partial charge is 0.376 e. The van der Waals surface area contributed by atoms with E-state index in [-0.39, 0.29) is 11.9 Å². The molecule has 2 aromatic rings. The van der Waals surface area contributed by atoms with E-state index in [4.69, 9.17) is 15.2 Å². The third-order valence-electron chi connectivity index (χ3n) is 3.61. The maximum atomic E-state index is 14.0. The Labute approximate surface area is 121 Å². The van der Waals surface area contributed by atoms with E-state index in [2.05, 4.69) is 0 Å². The predicted octanol–water partition coefficient (Wildman–Crippen LogP) is 3.19. The predicted molar refractivity (Wildman–Crippen MR) is 78.3 cm³/mol. The second-order valence-corrected chi connectivity index (χ2v) is 6.11. The van der Waals surface area contributed by atoms with Gasteiger partial charge >= 0.3 is 0 Å². The van der Waals surface area contributed by atoms with Crippen LogP contribution in [0, 0.1) is 5.82 Å². The molecule has 20 heavy (non-hydrogen) atoms. The smallest absolute Gasteiger partial charge is 0.132 e. The van der Waals surface area contributed by atoms with Crippen LogP contribution in [0.4, 0.5) is 4.39 Å². The van der Waals surface area contributed by atoms with Crippen LogP contribution in [-0.4, -0.2) is 19.3 Å². The zero-order valence-electron chi connectivity index (χ0n) is 11.2. The van der Waals surface area contributed by atoms with Crippen LogP contribution in [0.3, 0.4) is 0 Å². The first-order valence-corrected chi connectivity index (χ1v) is 7.69. The van der Waals surface area contributed by atoms with E-state index in [1.165, 1.54) is 6.07 Å². The lowest BCUT2D eigenvalue weighted by Crippen LogP contribution is -2.14. The fourth-order valence-electron chi connectivity index (χ4n) is 2.60. The van der Waals surface area contributed by atoms with E-state index >= 15 is 0 Å². The van der Waals surface area contributed by atoms with Gasteiger partial charge in [0.1, 0.15) is 5.82 Å². The van der Waals surface area contributed by atoms with Crippen molar-refractivity contribution in [3.63, 3.8) is 0 Å². The Balaban J connectivity index is 1.78. The number of fused-ring (bicyclic) bond motifs is 1. The summed E-state index contributed by atoms with van der Waals surface area (Å²) in [5, 5.41) is 0.658. The van der Waals surface area contributed by atoms with Crippen LogP contribution in [0.15, 0.2) is 18.2 Å². The zero-order valence-corrected chi connectivity index (χ0v) is 12.0. The fraction of sp³-hybridized carbons (Fsp3) is 0.467. The number of halogens is 1. The van der Waals surface area contributed by atoms with Crippen LogP contribution >= 0.6 is 11.3 Å². The van der Waals surface area contributed by atoms with Crippen molar-refractivity contribution in [3.05, 3.63) is 34.5 Å². The van der Waals surface area contributed by atoms with E-state index in [1.54, 1.807) is 17.4 Å². The highest BCUT2D eigenvalue weighted by molar-refractivity contribution is 7.19. The normalized spacial score (nSPS) is 19.0. The van der Waals surface area contributed by atoms with Crippen molar-refractivity contribution in [2.75, 3.05) is 13.2 Å². The molecule has 2 heterocycles. The minimum atomic E-state index is -0.200. The van der Waals surface area contributed by atoms with Gasteiger partial charge in [-0.25, -0.2) is 4.39 Å². The minimum Gasteiger partial charge on any atom is -0.376 e. The Morgan fingerprint density at radius 3 is 3.10 bits per heavy atom. The summed E-state index contributed by atoms with van der Waals surface area (Å²) in [6, 6.07) is 5.14. The molecule has 3 nitrogen and oxygen atoms in total. The van der Waals surface area contributed by atoms with Gasteiger partial charge in [-0.15, -0.1) is 11.3 Å². The van der Waals surface area contributed by atoms with Crippen LogP contribution in [0.1, 0.15) is 23.3 Å². The molecule has 5 heteroatoms. The van der Waals surface area contributed by atoms with Crippen molar-refractivity contribution in [2.24, 2.45) is 5.73 Å². The fourth-order valence-corrected chi connectivity index (χ4v) is 3.70. The Bertz CT molecular complexity index is 593. The molecule has 1 aliphatic heterocycles. The number of rotatable bonds is 5. The SMILES string of the molecule is NCc1sc2cccc(F)c2c1COCC1CCCO1. The Morgan fingerprint density at radius 1 is 1.45 bits per heavy atom. The van der Waals surface area contributed by atoms with Crippen LogP contribution < -0.4 is 5.73 Å². The van der Waals surface area contributed by atoms with Gasteiger partial charge in [0, 0.05) is 33.7 Å². The topological polar surface area (TPSA) is 44.5 Å². The molecule has 1 aromatic carbocycles. The molecule has 0 aliphatic carbocycles. The van der Waals surface area contributed by atoms with Crippen LogP contribution in [0.2, 0.25) is 0 Å². The summed E-state index contributed by atoms with van der Waals surface area (Å²) in [6.07, 6.45) is 2.33. The second-order valence-electron chi connectivity index (χ2n) is 4.97. The number of benzene rings is 1. The quantitative estimate of drug-likeness (QED) is 0.921. The zero-order chi connectivity index (χ0) is 13.9. The van der Waals surface area contributed by atoms with Crippen LogP contribution in [-0.2, 0) is 22.6 Å². The second kappa shape index (κ2) is 6.18. The van der Waals surface area contributed by atoms with Gasteiger partial charge in [0.05, 0.1) is 19.3 Å². The molecule has 0 bridgehead atoms. The number of thiophene rings is 1. The molecule has 1 aromatic heterocycles. The molecule has 0 amide bonds. The lowest BCUT2D eigenvalue weighted by atomic mass is 10.1. The van der Waals surface area contributed by atoms with E-state index in [1.807, 2.05) is 6.07 Å². The molecular formula is C15H18FNO2S. The van der Waals surface area contributed by atoms with Gasteiger partial charge in [0.15, 0.2) is 0 Å². The van der Waals surface area contributed by atoms with E-state index in [0.717, 1.165) is 34.6 Å². The highest BCUT2D eigenvalue weighted by atomic mass is 32.1. The van der Waals surface area contributed by atoms with Crippen molar-refractivity contribution in [1.82, 2.24) is 0 Å². The molecule has 0 saturated carbocycles. The van der Waals surface area contributed by atoms with Gasteiger partial charge in [-0.3, -0.25) is 0 Å². The Kier molecular flexibility index (Phi) is 4.31.